The number of likely N-dealkylation sites (tertiary alicyclic amines) is 4. The number of sulfonamides is 1. The van der Waals surface area contributed by atoms with Crippen LogP contribution < -0.4 is 4.74 Å². The molecular formula is C31H51N5O4S. The second-order valence-corrected chi connectivity index (χ2v) is 14.7. The van der Waals surface area contributed by atoms with E-state index in [4.69, 9.17) is 4.74 Å². The average Bonchev–Trinajstić information content (AvgIpc) is 3.69. The van der Waals surface area contributed by atoms with Crippen molar-refractivity contribution in [3.8, 4) is 5.75 Å². The number of piperidine rings is 2. The van der Waals surface area contributed by atoms with Crippen LogP contribution in [0, 0.1) is 13.8 Å². The molecule has 1 aromatic rings. The minimum atomic E-state index is -3.70. The minimum absolute atomic E-state index is 0.0495. The van der Waals surface area contributed by atoms with Crippen LogP contribution in [0.15, 0.2) is 17.0 Å². The summed E-state index contributed by atoms with van der Waals surface area (Å²) in [7, 11) is -0.561. The Morgan fingerprint density at radius 3 is 1.85 bits per heavy atom. The van der Waals surface area contributed by atoms with Gasteiger partial charge in [0.05, 0.1) is 12.0 Å². The number of hydrogen-bond donors (Lipinski definition) is 0. The van der Waals surface area contributed by atoms with E-state index in [1.807, 2.05) is 4.90 Å². The molecule has 1 unspecified atom stereocenters. The van der Waals surface area contributed by atoms with Crippen molar-refractivity contribution in [1.82, 2.24) is 23.9 Å². The first kappa shape index (κ1) is 30.7. The standard InChI is InChI=1S/C31H51N5O4S/c1-24-21-29(40-4)22-25(2)31(24)41(38,39)32(3)15-12-30(37)36-20-11-28(23-36)35-18-9-27(10-19-35)34-16-7-26(8-17-34)33-13-5-6-14-33/h21-22,26-28H,5-20,23H2,1-4H3. The molecule has 4 fully saturated rings. The number of aryl methyl sites for hydroxylation is 2. The van der Waals surface area contributed by atoms with Gasteiger partial charge in [-0.1, -0.05) is 0 Å². The fourth-order valence-electron chi connectivity index (χ4n) is 7.73. The van der Waals surface area contributed by atoms with Gasteiger partial charge in [-0.2, -0.15) is 0 Å². The molecule has 4 heterocycles. The largest absolute Gasteiger partial charge is 0.497 e. The molecule has 1 aromatic carbocycles. The lowest BCUT2D eigenvalue weighted by molar-refractivity contribution is -0.130. The Labute approximate surface area is 247 Å². The summed E-state index contributed by atoms with van der Waals surface area (Å²) in [6.45, 7) is 12.6. The van der Waals surface area contributed by atoms with Crippen LogP contribution in [0.25, 0.3) is 0 Å². The normalized spacial score (nSPS) is 24.5. The maximum absolute atomic E-state index is 13.3. The second kappa shape index (κ2) is 13.3. The molecule has 0 spiro atoms. The fraction of sp³-hybridized carbons (Fsp3) is 0.774. The van der Waals surface area contributed by atoms with Gasteiger partial charge in [-0.3, -0.25) is 9.69 Å². The molecule has 1 amide bonds. The maximum Gasteiger partial charge on any atom is 0.243 e. The molecular weight excluding hydrogens is 538 g/mol. The van der Waals surface area contributed by atoms with Crippen molar-refractivity contribution in [2.45, 2.75) is 88.2 Å². The van der Waals surface area contributed by atoms with E-state index in [0.717, 1.165) is 38.6 Å². The number of rotatable bonds is 9. The maximum atomic E-state index is 13.3. The summed E-state index contributed by atoms with van der Waals surface area (Å²) in [5, 5.41) is 0. The third-order valence-corrected chi connectivity index (χ3v) is 12.3. The van der Waals surface area contributed by atoms with Crippen molar-refractivity contribution in [2.75, 3.05) is 73.1 Å². The first-order valence-electron chi connectivity index (χ1n) is 15.8. The summed E-state index contributed by atoms with van der Waals surface area (Å²) >= 11 is 0. The summed E-state index contributed by atoms with van der Waals surface area (Å²) in [5.74, 6) is 0.690. The van der Waals surface area contributed by atoms with E-state index in [9.17, 15) is 13.2 Å². The number of carbonyl (C=O) groups excluding carboxylic acids is 1. The van der Waals surface area contributed by atoms with Crippen molar-refractivity contribution in [3.05, 3.63) is 23.3 Å². The third-order valence-electron chi connectivity index (χ3n) is 10.2. The molecule has 0 bridgehead atoms. The van der Waals surface area contributed by atoms with Gasteiger partial charge in [0.15, 0.2) is 0 Å². The van der Waals surface area contributed by atoms with Crippen LogP contribution in [0.5, 0.6) is 5.75 Å². The van der Waals surface area contributed by atoms with Crippen molar-refractivity contribution in [1.29, 1.82) is 0 Å². The molecule has 4 aliphatic rings. The Kier molecular flexibility index (Phi) is 9.96. The van der Waals surface area contributed by atoms with E-state index in [-0.39, 0.29) is 18.9 Å². The first-order valence-corrected chi connectivity index (χ1v) is 17.2. The average molecular weight is 590 g/mol. The third kappa shape index (κ3) is 6.93. The summed E-state index contributed by atoms with van der Waals surface area (Å²) < 4.78 is 33.3. The van der Waals surface area contributed by atoms with E-state index in [2.05, 4.69) is 14.7 Å². The van der Waals surface area contributed by atoms with Gasteiger partial charge in [-0.25, -0.2) is 12.7 Å². The molecule has 1 atom stereocenters. The van der Waals surface area contributed by atoms with Gasteiger partial charge in [0, 0.05) is 51.2 Å². The molecule has 0 radical (unpaired) electrons. The highest BCUT2D eigenvalue weighted by Crippen LogP contribution is 2.29. The molecule has 0 aliphatic carbocycles. The Balaban J connectivity index is 1.05. The van der Waals surface area contributed by atoms with Gasteiger partial charge < -0.3 is 19.4 Å². The second-order valence-electron chi connectivity index (χ2n) is 12.7. The predicted molar refractivity (Wildman–Crippen MR) is 162 cm³/mol. The van der Waals surface area contributed by atoms with E-state index < -0.39 is 10.0 Å². The lowest BCUT2D eigenvalue weighted by Gasteiger charge is -2.44. The van der Waals surface area contributed by atoms with Crippen LogP contribution in [0.1, 0.15) is 62.5 Å². The Hall–Kier alpha value is -1.72. The fourth-order valence-corrected chi connectivity index (χ4v) is 9.30. The number of nitrogens with zero attached hydrogens (tertiary/aromatic N) is 5. The molecule has 10 heteroatoms. The van der Waals surface area contributed by atoms with Gasteiger partial charge >= 0.3 is 0 Å². The summed E-state index contributed by atoms with van der Waals surface area (Å²) in [4.78, 5) is 23.4. The Bertz CT molecular complexity index is 1130. The van der Waals surface area contributed by atoms with Crippen LogP contribution in [0.3, 0.4) is 0 Å². The molecule has 41 heavy (non-hydrogen) atoms. The number of hydrogen-bond acceptors (Lipinski definition) is 7. The van der Waals surface area contributed by atoms with Crippen LogP contribution in [-0.2, 0) is 14.8 Å². The zero-order chi connectivity index (χ0) is 29.1. The Morgan fingerprint density at radius 2 is 1.32 bits per heavy atom. The van der Waals surface area contributed by atoms with Gasteiger partial charge in [-0.05, 0) is 121 Å². The lowest BCUT2D eigenvalue weighted by Crippen LogP contribution is -2.52. The van der Waals surface area contributed by atoms with E-state index in [1.165, 1.54) is 69.0 Å². The first-order chi connectivity index (χ1) is 19.7. The summed E-state index contributed by atoms with van der Waals surface area (Å²) in [6, 6.07) is 5.42. The number of ether oxygens (including phenoxy) is 1. The monoisotopic (exact) mass is 589 g/mol. The SMILES string of the molecule is COc1cc(C)c(S(=O)(=O)N(C)CCC(=O)N2CCC(N3CCC(N4CCC(N5CCCC5)CC4)CC3)C2)c(C)c1. The molecule has 4 saturated heterocycles. The highest BCUT2D eigenvalue weighted by atomic mass is 32.2. The van der Waals surface area contributed by atoms with Gasteiger partial charge in [0.25, 0.3) is 0 Å². The van der Waals surface area contributed by atoms with Crippen LogP contribution in [0.2, 0.25) is 0 Å². The predicted octanol–water partition coefficient (Wildman–Crippen LogP) is 2.95. The van der Waals surface area contributed by atoms with Gasteiger partial charge in [0.2, 0.25) is 15.9 Å². The number of carbonyl (C=O) groups is 1. The molecule has 230 valence electrons. The highest BCUT2D eigenvalue weighted by Gasteiger charge is 2.36. The molecule has 5 rings (SSSR count). The molecule has 9 nitrogen and oxygen atoms in total. The van der Waals surface area contributed by atoms with Crippen molar-refractivity contribution < 1.29 is 17.9 Å². The van der Waals surface area contributed by atoms with Crippen molar-refractivity contribution in [2.24, 2.45) is 0 Å². The topological polar surface area (TPSA) is 76.6 Å². The van der Waals surface area contributed by atoms with Crippen molar-refractivity contribution >= 4 is 15.9 Å². The van der Waals surface area contributed by atoms with E-state index >= 15 is 0 Å². The lowest BCUT2D eigenvalue weighted by atomic mass is 9.96. The minimum Gasteiger partial charge on any atom is -0.497 e. The Morgan fingerprint density at radius 1 is 0.829 bits per heavy atom. The number of amides is 1. The van der Waals surface area contributed by atoms with Crippen LogP contribution in [-0.4, -0.2) is 129 Å². The highest BCUT2D eigenvalue weighted by molar-refractivity contribution is 7.89. The van der Waals surface area contributed by atoms with E-state index in [0.29, 0.717) is 33.9 Å². The number of methoxy groups -OCH3 is 1. The smallest absolute Gasteiger partial charge is 0.243 e. The van der Waals surface area contributed by atoms with Crippen LogP contribution >= 0.6 is 0 Å². The summed E-state index contributed by atoms with van der Waals surface area (Å²) in [5.41, 5.74) is 1.30. The molecule has 4 aliphatic heterocycles. The molecule has 0 saturated carbocycles. The van der Waals surface area contributed by atoms with Crippen molar-refractivity contribution in [3.63, 3.8) is 0 Å². The van der Waals surface area contributed by atoms with Gasteiger partial charge in [-0.15, -0.1) is 0 Å². The zero-order valence-corrected chi connectivity index (χ0v) is 26.5. The summed E-state index contributed by atoms with van der Waals surface area (Å²) in [6.07, 6.45) is 9.09. The number of benzene rings is 1. The molecule has 0 aromatic heterocycles. The quantitative estimate of drug-likeness (QED) is 0.439. The zero-order valence-electron chi connectivity index (χ0n) is 25.7. The van der Waals surface area contributed by atoms with E-state index in [1.54, 1.807) is 40.1 Å². The van der Waals surface area contributed by atoms with Gasteiger partial charge in [0.1, 0.15) is 5.75 Å². The molecule has 0 N–H and O–H groups in total. The van der Waals surface area contributed by atoms with Crippen LogP contribution in [0.4, 0.5) is 0 Å².